The first-order chi connectivity index (χ1) is 11.9. The SMILES string of the molecule is Cc1ccc(C2CC(C)N(S(=O)(=O)Cc3cccc(C#N)c3)C2)cc1. The van der Waals surface area contributed by atoms with Gasteiger partial charge in [-0.15, -0.1) is 0 Å². The van der Waals surface area contributed by atoms with Gasteiger partial charge in [0.05, 0.1) is 17.4 Å². The topological polar surface area (TPSA) is 61.2 Å². The van der Waals surface area contributed by atoms with E-state index in [1.54, 1.807) is 28.6 Å². The van der Waals surface area contributed by atoms with Crippen LogP contribution in [-0.4, -0.2) is 25.3 Å². The molecule has 130 valence electrons. The highest BCUT2D eigenvalue weighted by molar-refractivity contribution is 7.88. The Kier molecular flexibility index (Phi) is 4.94. The van der Waals surface area contributed by atoms with E-state index < -0.39 is 10.0 Å². The Morgan fingerprint density at radius 3 is 2.60 bits per heavy atom. The second kappa shape index (κ2) is 6.99. The summed E-state index contributed by atoms with van der Waals surface area (Å²) >= 11 is 0. The standard InChI is InChI=1S/C20H22N2O2S/c1-15-6-8-19(9-7-15)20-10-16(2)22(13-20)25(23,24)14-18-5-3-4-17(11-18)12-21/h3-9,11,16,20H,10,13-14H2,1-2H3. The number of nitriles is 1. The lowest BCUT2D eigenvalue weighted by molar-refractivity contribution is 0.406. The molecule has 0 saturated carbocycles. The van der Waals surface area contributed by atoms with Crippen molar-refractivity contribution in [1.82, 2.24) is 4.31 Å². The summed E-state index contributed by atoms with van der Waals surface area (Å²) in [5.41, 5.74) is 3.54. The maximum Gasteiger partial charge on any atom is 0.218 e. The van der Waals surface area contributed by atoms with Gasteiger partial charge >= 0.3 is 0 Å². The second-order valence-corrected chi connectivity index (χ2v) is 8.75. The van der Waals surface area contributed by atoms with Gasteiger partial charge in [0.15, 0.2) is 0 Å². The molecule has 1 saturated heterocycles. The normalized spacial score (nSPS) is 21.2. The zero-order valence-corrected chi connectivity index (χ0v) is 15.3. The molecule has 0 aromatic heterocycles. The van der Waals surface area contributed by atoms with E-state index in [1.807, 2.05) is 13.8 Å². The molecule has 1 aliphatic heterocycles. The summed E-state index contributed by atoms with van der Waals surface area (Å²) in [6.07, 6.45) is 0.834. The van der Waals surface area contributed by atoms with Gasteiger partial charge in [0.2, 0.25) is 10.0 Å². The molecule has 0 aliphatic carbocycles. The third-order valence-corrected chi connectivity index (χ3v) is 6.75. The van der Waals surface area contributed by atoms with Gasteiger partial charge in [-0.05, 0) is 49.4 Å². The summed E-state index contributed by atoms with van der Waals surface area (Å²) in [5.74, 6) is 0.170. The molecule has 0 spiro atoms. The molecule has 0 N–H and O–H groups in total. The molecule has 1 aliphatic rings. The lowest BCUT2D eigenvalue weighted by Gasteiger charge is -2.21. The fourth-order valence-corrected chi connectivity index (χ4v) is 5.30. The predicted octanol–water partition coefficient (Wildman–Crippen LogP) is 3.57. The maximum absolute atomic E-state index is 12.9. The van der Waals surface area contributed by atoms with Crippen molar-refractivity contribution >= 4 is 10.0 Å². The predicted molar refractivity (Wildman–Crippen MR) is 98.5 cm³/mol. The highest BCUT2D eigenvalue weighted by Crippen LogP contribution is 2.34. The Bertz CT molecular complexity index is 898. The van der Waals surface area contributed by atoms with E-state index in [-0.39, 0.29) is 17.7 Å². The highest BCUT2D eigenvalue weighted by atomic mass is 32.2. The van der Waals surface area contributed by atoms with Crippen LogP contribution < -0.4 is 0 Å². The maximum atomic E-state index is 12.9. The minimum atomic E-state index is -3.41. The minimum Gasteiger partial charge on any atom is -0.212 e. The summed E-state index contributed by atoms with van der Waals surface area (Å²) in [7, 11) is -3.41. The van der Waals surface area contributed by atoms with E-state index in [9.17, 15) is 8.42 Å². The first-order valence-corrected chi connectivity index (χ1v) is 10.0. The van der Waals surface area contributed by atoms with Gasteiger partial charge in [-0.2, -0.15) is 9.57 Å². The van der Waals surface area contributed by atoms with Crippen LogP contribution in [0.25, 0.3) is 0 Å². The van der Waals surface area contributed by atoms with Crippen molar-refractivity contribution in [3.63, 3.8) is 0 Å². The molecule has 2 unspecified atom stereocenters. The van der Waals surface area contributed by atoms with Crippen molar-refractivity contribution in [2.45, 2.75) is 38.0 Å². The van der Waals surface area contributed by atoms with Crippen molar-refractivity contribution in [2.75, 3.05) is 6.54 Å². The molecule has 2 aromatic rings. The molecule has 3 rings (SSSR count). The Hall–Kier alpha value is -2.16. The fraction of sp³-hybridized carbons (Fsp3) is 0.350. The molecular weight excluding hydrogens is 332 g/mol. The summed E-state index contributed by atoms with van der Waals surface area (Å²) < 4.78 is 27.4. The summed E-state index contributed by atoms with van der Waals surface area (Å²) in [6, 6.07) is 17.2. The lowest BCUT2D eigenvalue weighted by atomic mass is 9.96. The molecule has 4 nitrogen and oxygen atoms in total. The molecule has 2 aromatic carbocycles. The monoisotopic (exact) mass is 354 g/mol. The molecule has 1 heterocycles. The first kappa shape index (κ1) is 17.7. The van der Waals surface area contributed by atoms with Crippen LogP contribution in [0.15, 0.2) is 48.5 Å². The smallest absolute Gasteiger partial charge is 0.212 e. The molecule has 0 amide bonds. The second-order valence-electron chi connectivity index (χ2n) is 6.83. The number of nitrogens with zero attached hydrogens (tertiary/aromatic N) is 2. The van der Waals surface area contributed by atoms with Crippen LogP contribution in [0.5, 0.6) is 0 Å². The van der Waals surface area contributed by atoms with Crippen molar-refractivity contribution in [3.05, 3.63) is 70.8 Å². The van der Waals surface area contributed by atoms with Crippen LogP contribution in [0, 0.1) is 18.3 Å². The van der Waals surface area contributed by atoms with Gasteiger partial charge in [-0.1, -0.05) is 42.0 Å². The van der Waals surface area contributed by atoms with Crippen LogP contribution in [0.1, 0.15) is 41.5 Å². The molecule has 0 bridgehead atoms. The third-order valence-electron chi connectivity index (χ3n) is 4.83. The fourth-order valence-electron chi connectivity index (χ4n) is 3.49. The molecule has 2 atom stereocenters. The number of aryl methyl sites for hydroxylation is 1. The van der Waals surface area contributed by atoms with E-state index in [0.717, 1.165) is 6.42 Å². The van der Waals surface area contributed by atoms with Crippen LogP contribution in [0.2, 0.25) is 0 Å². The van der Waals surface area contributed by atoms with Crippen LogP contribution >= 0.6 is 0 Å². The van der Waals surface area contributed by atoms with E-state index in [1.165, 1.54) is 11.1 Å². The Labute approximate surface area is 149 Å². The molecule has 25 heavy (non-hydrogen) atoms. The number of sulfonamides is 1. The van der Waals surface area contributed by atoms with Gasteiger partial charge in [0.25, 0.3) is 0 Å². The average molecular weight is 354 g/mol. The van der Waals surface area contributed by atoms with E-state index in [2.05, 4.69) is 30.3 Å². The average Bonchev–Trinajstić information content (AvgIpc) is 2.98. The van der Waals surface area contributed by atoms with Gasteiger partial charge in [0, 0.05) is 12.6 Å². The van der Waals surface area contributed by atoms with Gasteiger partial charge in [-0.25, -0.2) is 8.42 Å². The largest absolute Gasteiger partial charge is 0.218 e. The van der Waals surface area contributed by atoms with E-state index >= 15 is 0 Å². The van der Waals surface area contributed by atoms with Crippen molar-refractivity contribution in [1.29, 1.82) is 5.26 Å². The van der Waals surface area contributed by atoms with Crippen molar-refractivity contribution in [3.8, 4) is 6.07 Å². The first-order valence-electron chi connectivity index (χ1n) is 8.44. The molecule has 5 heteroatoms. The number of benzene rings is 2. The third kappa shape index (κ3) is 3.92. The lowest BCUT2D eigenvalue weighted by Crippen LogP contribution is -2.34. The number of hydrogen-bond donors (Lipinski definition) is 0. The Morgan fingerprint density at radius 1 is 1.20 bits per heavy atom. The molecule has 0 radical (unpaired) electrons. The summed E-state index contributed by atoms with van der Waals surface area (Å²) in [4.78, 5) is 0. The number of hydrogen-bond acceptors (Lipinski definition) is 3. The summed E-state index contributed by atoms with van der Waals surface area (Å²) in [5, 5.41) is 8.98. The Morgan fingerprint density at radius 2 is 1.92 bits per heavy atom. The van der Waals surface area contributed by atoms with Crippen LogP contribution in [-0.2, 0) is 15.8 Å². The molecule has 1 fully saturated rings. The van der Waals surface area contributed by atoms with Crippen molar-refractivity contribution in [2.24, 2.45) is 0 Å². The van der Waals surface area contributed by atoms with Crippen LogP contribution in [0.3, 0.4) is 0 Å². The van der Waals surface area contributed by atoms with Crippen LogP contribution in [0.4, 0.5) is 0 Å². The quantitative estimate of drug-likeness (QED) is 0.843. The summed E-state index contributed by atoms with van der Waals surface area (Å²) in [6.45, 7) is 4.54. The van der Waals surface area contributed by atoms with E-state index in [0.29, 0.717) is 17.7 Å². The molecular formula is C20H22N2O2S. The number of rotatable bonds is 4. The van der Waals surface area contributed by atoms with Crippen molar-refractivity contribution < 1.29 is 8.42 Å². The minimum absolute atomic E-state index is 0.0181. The highest BCUT2D eigenvalue weighted by Gasteiger charge is 2.37. The zero-order valence-electron chi connectivity index (χ0n) is 14.5. The van der Waals surface area contributed by atoms with E-state index in [4.69, 9.17) is 5.26 Å². The van der Waals surface area contributed by atoms with Gasteiger partial charge in [0.1, 0.15) is 0 Å². The van der Waals surface area contributed by atoms with Gasteiger partial charge in [-0.3, -0.25) is 0 Å². The zero-order chi connectivity index (χ0) is 18.0. The van der Waals surface area contributed by atoms with Gasteiger partial charge < -0.3 is 0 Å². The Balaban J connectivity index is 1.78.